The minimum atomic E-state index is 0.166. The van der Waals surface area contributed by atoms with Crippen LogP contribution in [-0.4, -0.2) is 10.9 Å². The second-order valence-corrected chi connectivity index (χ2v) is 6.40. The molecule has 1 aromatic carbocycles. The third-order valence-corrected chi connectivity index (χ3v) is 4.22. The van der Waals surface area contributed by atoms with E-state index >= 15 is 0 Å². The molecule has 21 heavy (non-hydrogen) atoms. The molecule has 0 aromatic heterocycles. The molecule has 0 aliphatic heterocycles. The van der Waals surface area contributed by atoms with Crippen molar-refractivity contribution in [1.29, 1.82) is 0 Å². The van der Waals surface area contributed by atoms with Crippen molar-refractivity contribution in [1.82, 2.24) is 0 Å². The van der Waals surface area contributed by atoms with Crippen LogP contribution in [0.3, 0.4) is 0 Å². The Morgan fingerprint density at radius 3 is 2.24 bits per heavy atom. The van der Waals surface area contributed by atoms with Crippen LogP contribution in [0.15, 0.2) is 24.3 Å². The lowest BCUT2D eigenvalue weighted by Gasteiger charge is -2.19. The molecule has 4 heteroatoms. The van der Waals surface area contributed by atoms with Crippen LogP contribution in [0.25, 0.3) is 0 Å². The van der Waals surface area contributed by atoms with Crippen LogP contribution >= 0.6 is 12.2 Å². The number of nitrogens with one attached hydrogen (secondary N) is 1. The van der Waals surface area contributed by atoms with Gasteiger partial charge in [0.2, 0.25) is 5.91 Å². The van der Waals surface area contributed by atoms with E-state index in [2.05, 4.69) is 5.32 Å². The summed E-state index contributed by atoms with van der Waals surface area (Å²) in [7, 11) is 0. The zero-order chi connectivity index (χ0) is 15.1. The predicted octanol–water partition coefficient (Wildman–Crippen LogP) is 3.81. The van der Waals surface area contributed by atoms with Gasteiger partial charge < -0.3 is 11.1 Å². The summed E-state index contributed by atoms with van der Waals surface area (Å²) in [5.41, 5.74) is 7.46. The Hall–Kier alpha value is -1.42. The molecule has 1 aromatic rings. The standard InChI is InChI=1S/C17H24N2OS/c18-16(21)12-13-8-10-15(11-9-13)19-17(20)14-6-4-2-1-3-5-7-14/h8-11,14H,1-7,12H2,(H2,18,21)(H,19,20). The van der Waals surface area contributed by atoms with Crippen LogP contribution in [0, 0.1) is 5.92 Å². The molecule has 1 amide bonds. The van der Waals surface area contributed by atoms with Gasteiger partial charge in [-0.2, -0.15) is 0 Å². The molecule has 0 heterocycles. The fourth-order valence-corrected chi connectivity index (χ4v) is 3.04. The summed E-state index contributed by atoms with van der Waals surface area (Å²) < 4.78 is 0. The van der Waals surface area contributed by atoms with E-state index in [9.17, 15) is 4.79 Å². The zero-order valence-corrected chi connectivity index (χ0v) is 13.3. The van der Waals surface area contributed by atoms with Crippen molar-refractivity contribution in [2.75, 3.05) is 5.32 Å². The first-order chi connectivity index (χ1) is 10.1. The highest BCUT2D eigenvalue weighted by atomic mass is 32.1. The average Bonchev–Trinajstić information content (AvgIpc) is 2.40. The molecule has 1 aliphatic rings. The molecule has 114 valence electrons. The Labute approximate surface area is 132 Å². The SMILES string of the molecule is NC(=S)Cc1ccc(NC(=O)C2CCCCCCC2)cc1. The molecule has 0 bridgehead atoms. The highest BCUT2D eigenvalue weighted by Gasteiger charge is 2.19. The fourth-order valence-electron chi connectivity index (χ4n) is 2.87. The van der Waals surface area contributed by atoms with Crippen molar-refractivity contribution in [2.24, 2.45) is 11.7 Å². The average molecular weight is 304 g/mol. The van der Waals surface area contributed by atoms with E-state index in [-0.39, 0.29) is 11.8 Å². The number of rotatable bonds is 4. The largest absolute Gasteiger partial charge is 0.393 e. The first-order valence-corrected chi connectivity index (χ1v) is 8.24. The highest BCUT2D eigenvalue weighted by molar-refractivity contribution is 7.80. The molecule has 3 N–H and O–H groups in total. The van der Waals surface area contributed by atoms with Gasteiger partial charge in [-0.15, -0.1) is 0 Å². The summed E-state index contributed by atoms with van der Waals surface area (Å²) in [5.74, 6) is 0.334. The fraction of sp³-hybridized carbons (Fsp3) is 0.529. The Balaban J connectivity index is 1.90. The molecular formula is C17H24N2OS. The first kappa shape index (κ1) is 16.0. The van der Waals surface area contributed by atoms with Crippen LogP contribution in [0.4, 0.5) is 5.69 Å². The van der Waals surface area contributed by atoms with Crippen molar-refractivity contribution in [3.8, 4) is 0 Å². The molecular weight excluding hydrogens is 280 g/mol. The lowest BCUT2D eigenvalue weighted by Crippen LogP contribution is -2.23. The molecule has 1 fully saturated rings. The number of nitrogens with two attached hydrogens (primary N) is 1. The summed E-state index contributed by atoms with van der Waals surface area (Å²) in [5, 5.41) is 3.04. The molecule has 3 nitrogen and oxygen atoms in total. The normalized spacial score (nSPS) is 16.8. The van der Waals surface area contributed by atoms with Gasteiger partial charge in [0.05, 0.1) is 4.99 Å². The Kier molecular flexibility index (Phi) is 6.18. The summed E-state index contributed by atoms with van der Waals surface area (Å²) >= 11 is 4.90. The highest BCUT2D eigenvalue weighted by Crippen LogP contribution is 2.23. The van der Waals surface area contributed by atoms with Gasteiger partial charge in [-0.05, 0) is 30.5 Å². The van der Waals surface area contributed by atoms with E-state index in [0.717, 1.165) is 24.1 Å². The van der Waals surface area contributed by atoms with E-state index in [1.165, 1.54) is 32.1 Å². The minimum Gasteiger partial charge on any atom is -0.393 e. The van der Waals surface area contributed by atoms with E-state index in [0.29, 0.717) is 11.4 Å². The number of benzene rings is 1. The van der Waals surface area contributed by atoms with Crippen LogP contribution < -0.4 is 11.1 Å². The molecule has 1 saturated carbocycles. The van der Waals surface area contributed by atoms with Crippen LogP contribution in [0.2, 0.25) is 0 Å². The third kappa shape index (κ3) is 5.46. The van der Waals surface area contributed by atoms with Gasteiger partial charge in [0.1, 0.15) is 0 Å². The summed E-state index contributed by atoms with van der Waals surface area (Å²) in [4.78, 5) is 12.8. The van der Waals surface area contributed by atoms with E-state index in [1.807, 2.05) is 24.3 Å². The lowest BCUT2D eigenvalue weighted by atomic mass is 9.90. The van der Waals surface area contributed by atoms with Crippen LogP contribution in [-0.2, 0) is 11.2 Å². The summed E-state index contributed by atoms with van der Waals surface area (Å²) in [6.45, 7) is 0. The van der Waals surface area contributed by atoms with Gasteiger partial charge in [0.25, 0.3) is 0 Å². The number of amides is 1. The molecule has 0 unspecified atom stereocenters. The van der Waals surface area contributed by atoms with Crippen LogP contribution in [0.5, 0.6) is 0 Å². The number of thiocarbonyl (C=S) groups is 1. The molecule has 0 saturated heterocycles. The maximum absolute atomic E-state index is 12.3. The molecule has 1 aliphatic carbocycles. The quantitative estimate of drug-likeness (QED) is 0.832. The summed E-state index contributed by atoms with van der Waals surface area (Å²) in [6.07, 6.45) is 8.83. The van der Waals surface area contributed by atoms with Gasteiger partial charge in [0, 0.05) is 18.0 Å². The lowest BCUT2D eigenvalue weighted by molar-refractivity contribution is -0.120. The first-order valence-electron chi connectivity index (χ1n) is 7.83. The Bertz CT molecular complexity index is 476. The van der Waals surface area contributed by atoms with E-state index < -0.39 is 0 Å². The van der Waals surface area contributed by atoms with Crippen molar-refractivity contribution < 1.29 is 4.79 Å². The molecule has 2 rings (SSSR count). The maximum Gasteiger partial charge on any atom is 0.227 e. The minimum absolute atomic E-state index is 0.166. The van der Waals surface area contributed by atoms with Crippen molar-refractivity contribution in [3.63, 3.8) is 0 Å². The molecule has 0 spiro atoms. The monoisotopic (exact) mass is 304 g/mol. The third-order valence-electron chi connectivity index (χ3n) is 4.08. The number of hydrogen-bond acceptors (Lipinski definition) is 2. The topological polar surface area (TPSA) is 55.1 Å². The van der Waals surface area contributed by atoms with Crippen molar-refractivity contribution >= 4 is 28.8 Å². The maximum atomic E-state index is 12.3. The second kappa shape index (κ2) is 8.13. The van der Waals surface area contributed by atoms with Gasteiger partial charge in [-0.1, -0.05) is 56.5 Å². The number of carbonyl (C=O) groups is 1. The summed E-state index contributed by atoms with van der Waals surface area (Å²) in [6, 6.07) is 7.78. The van der Waals surface area contributed by atoms with Gasteiger partial charge in [-0.3, -0.25) is 4.79 Å². The van der Waals surface area contributed by atoms with Gasteiger partial charge in [0.15, 0.2) is 0 Å². The smallest absolute Gasteiger partial charge is 0.227 e. The Morgan fingerprint density at radius 2 is 1.67 bits per heavy atom. The molecule has 0 radical (unpaired) electrons. The van der Waals surface area contributed by atoms with Crippen LogP contribution in [0.1, 0.15) is 50.5 Å². The van der Waals surface area contributed by atoms with Crippen molar-refractivity contribution in [2.45, 2.75) is 51.4 Å². The predicted molar refractivity (Wildman–Crippen MR) is 91.4 cm³/mol. The molecule has 0 atom stereocenters. The Morgan fingerprint density at radius 1 is 1.10 bits per heavy atom. The number of hydrogen-bond donors (Lipinski definition) is 2. The van der Waals surface area contributed by atoms with Gasteiger partial charge >= 0.3 is 0 Å². The van der Waals surface area contributed by atoms with E-state index in [4.69, 9.17) is 18.0 Å². The number of anilines is 1. The zero-order valence-electron chi connectivity index (χ0n) is 12.4. The number of carbonyl (C=O) groups excluding carboxylic acids is 1. The second-order valence-electron chi connectivity index (χ2n) is 5.87. The van der Waals surface area contributed by atoms with E-state index in [1.54, 1.807) is 0 Å². The van der Waals surface area contributed by atoms with Gasteiger partial charge in [-0.25, -0.2) is 0 Å². The van der Waals surface area contributed by atoms with Crippen molar-refractivity contribution in [3.05, 3.63) is 29.8 Å².